The minimum absolute atomic E-state index is 0.686. The Bertz CT molecular complexity index is 421. The molecule has 2 atom stereocenters. The molecule has 1 N–H and O–H groups in total. The molecule has 0 saturated heterocycles. The van der Waals surface area contributed by atoms with Crippen molar-refractivity contribution in [3.8, 4) is 0 Å². The number of benzene rings is 1. The fourth-order valence-corrected chi connectivity index (χ4v) is 3.71. The molecule has 3 heteroatoms. The molecule has 1 aliphatic carbocycles. The predicted molar refractivity (Wildman–Crippen MR) is 91.8 cm³/mol. The normalized spacial score (nSPS) is 23.2. The van der Waals surface area contributed by atoms with Crippen molar-refractivity contribution >= 4 is 11.6 Å². The maximum atomic E-state index is 6.28. The Morgan fingerprint density at radius 1 is 1.19 bits per heavy atom. The SMILES string of the molecule is CCNC1CCCCCC1CN(C)Cc1ccccc1Cl. The van der Waals surface area contributed by atoms with Crippen molar-refractivity contribution in [1.82, 2.24) is 10.2 Å². The Hall–Kier alpha value is -0.570. The summed E-state index contributed by atoms with van der Waals surface area (Å²) in [6.07, 6.45) is 6.84. The van der Waals surface area contributed by atoms with Gasteiger partial charge in [0.25, 0.3) is 0 Å². The van der Waals surface area contributed by atoms with Gasteiger partial charge in [-0.1, -0.05) is 56.0 Å². The van der Waals surface area contributed by atoms with Crippen LogP contribution >= 0.6 is 11.6 Å². The van der Waals surface area contributed by atoms with Crippen LogP contribution in [0.5, 0.6) is 0 Å². The van der Waals surface area contributed by atoms with Crippen LogP contribution in [0, 0.1) is 5.92 Å². The zero-order valence-corrected chi connectivity index (χ0v) is 14.2. The lowest BCUT2D eigenvalue weighted by Gasteiger charge is -2.30. The van der Waals surface area contributed by atoms with Crippen molar-refractivity contribution in [2.75, 3.05) is 20.1 Å². The van der Waals surface area contributed by atoms with Gasteiger partial charge in [-0.05, 0) is 44.0 Å². The van der Waals surface area contributed by atoms with Crippen LogP contribution < -0.4 is 5.32 Å². The van der Waals surface area contributed by atoms with E-state index >= 15 is 0 Å². The second-order valence-corrected chi connectivity index (χ2v) is 6.76. The van der Waals surface area contributed by atoms with E-state index in [0.29, 0.717) is 6.04 Å². The lowest BCUT2D eigenvalue weighted by molar-refractivity contribution is 0.220. The molecule has 2 unspecified atom stereocenters. The molecule has 1 fully saturated rings. The highest BCUT2D eigenvalue weighted by Crippen LogP contribution is 2.25. The van der Waals surface area contributed by atoms with Gasteiger partial charge in [0.2, 0.25) is 0 Å². The monoisotopic (exact) mass is 308 g/mol. The summed E-state index contributed by atoms with van der Waals surface area (Å²) in [7, 11) is 2.22. The van der Waals surface area contributed by atoms with Gasteiger partial charge in [-0.3, -0.25) is 0 Å². The summed E-state index contributed by atoms with van der Waals surface area (Å²) in [5.74, 6) is 0.764. The highest BCUT2D eigenvalue weighted by molar-refractivity contribution is 6.31. The molecule has 21 heavy (non-hydrogen) atoms. The first-order valence-electron chi connectivity index (χ1n) is 8.36. The molecule has 0 bridgehead atoms. The molecule has 0 radical (unpaired) electrons. The molecule has 0 aliphatic heterocycles. The zero-order valence-electron chi connectivity index (χ0n) is 13.4. The average molecular weight is 309 g/mol. The molecular formula is C18H29ClN2. The van der Waals surface area contributed by atoms with Crippen molar-refractivity contribution in [2.24, 2.45) is 5.92 Å². The second-order valence-electron chi connectivity index (χ2n) is 6.35. The highest BCUT2D eigenvalue weighted by Gasteiger charge is 2.24. The maximum Gasteiger partial charge on any atom is 0.0451 e. The van der Waals surface area contributed by atoms with Gasteiger partial charge in [-0.25, -0.2) is 0 Å². The maximum absolute atomic E-state index is 6.28. The number of hydrogen-bond acceptors (Lipinski definition) is 2. The van der Waals surface area contributed by atoms with E-state index in [1.807, 2.05) is 12.1 Å². The Kier molecular flexibility index (Phi) is 7.01. The van der Waals surface area contributed by atoms with Crippen LogP contribution in [0.2, 0.25) is 5.02 Å². The highest BCUT2D eigenvalue weighted by atomic mass is 35.5. The van der Waals surface area contributed by atoms with E-state index in [2.05, 4.69) is 36.3 Å². The zero-order chi connectivity index (χ0) is 15.1. The fraction of sp³-hybridized carbons (Fsp3) is 0.667. The van der Waals surface area contributed by atoms with Gasteiger partial charge in [0.05, 0.1) is 0 Å². The van der Waals surface area contributed by atoms with Crippen LogP contribution in [0.1, 0.15) is 44.6 Å². The molecular weight excluding hydrogens is 280 g/mol. The Morgan fingerprint density at radius 2 is 1.95 bits per heavy atom. The molecule has 2 nitrogen and oxygen atoms in total. The molecule has 1 aliphatic rings. The van der Waals surface area contributed by atoms with Crippen LogP contribution in [-0.4, -0.2) is 31.1 Å². The number of halogens is 1. The first-order chi connectivity index (χ1) is 10.2. The lowest BCUT2D eigenvalue weighted by Crippen LogP contribution is -2.40. The standard InChI is InChI=1S/C18H29ClN2/c1-3-20-18-12-6-4-5-10-16(18)14-21(2)13-15-9-7-8-11-17(15)19/h7-9,11,16,18,20H,3-6,10,12-14H2,1-2H3. The number of nitrogens with zero attached hydrogens (tertiary/aromatic N) is 1. The molecule has 1 aromatic carbocycles. The predicted octanol–water partition coefficient (Wildman–Crippen LogP) is 4.33. The van der Waals surface area contributed by atoms with Crippen LogP contribution in [0.25, 0.3) is 0 Å². The summed E-state index contributed by atoms with van der Waals surface area (Å²) in [5.41, 5.74) is 1.23. The third-order valence-corrected chi connectivity index (χ3v) is 4.94. The summed E-state index contributed by atoms with van der Waals surface area (Å²) < 4.78 is 0. The minimum atomic E-state index is 0.686. The molecule has 0 heterocycles. The Balaban J connectivity index is 1.93. The number of rotatable bonds is 6. The molecule has 118 valence electrons. The number of nitrogens with one attached hydrogen (secondary N) is 1. The fourth-order valence-electron chi connectivity index (χ4n) is 3.52. The van der Waals surface area contributed by atoms with E-state index in [9.17, 15) is 0 Å². The van der Waals surface area contributed by atoms with Gasteiger partial charge >= 0.3 is 0 Å². The van der Waals surface area contributed by atoms with Gasteiger partial charge in [0, 0.05) is 24.2 Å². The molecule has 1 aromatic rings. The molecule has 1 saturated carbocycles. The van der Waals surface area contributed by atoms with Gasteiger partial charge < -0.3 is 10.2 Å². The topological polar surface area (TPSA) is 15.3 Å². The summed E-state index contributed by atoms with van der Waals surface area (Å²) in [5, 5.41) is 4.59. The molecule has 0 amide bonds. The van der Waals surface area contributed by atoms with Crippen molar-refractivity contribution in [3.63, 3.8) is 0 Å². The van der Waals surface area contributed by atoms with Crippen molar-refractivity contribution in [1.29, 1.82) is 0 Å². The summed E-state index contributed by atoms with van der Waals surface area (Å²) in [6.45, 7) is 5.39. The van der Waals surface area contributed by atoms with Crippen molar-refractivity contribution < 1.29 is 0 Å². The van der Waals surface area contributed by atoms with Crippen molar-refractivity contribution in [3.05, 3.63) is 34.9 Å². The first kappa shape index (κ1) is 16.8. The van der Waals surface area contributed by atoms with Crippen LogP contribution in [0.15, 0.2) is 24.3 Å². The van der Waals surface area contributed by atoms with E-state index < -0.39 is 0 Å². The van der Waals surface area contributed by atoms with Gasteiger partial charge in [-0.15, -0.1) is 0 Å². The minimum Gasteiger partial charge on any atom is -0.314 e. The van der Waals surface area contributed by atoms with Crippen molar-refractivity contribution in [2.45, 2.75) is 51.6 Å². The van der Waals surface area contributed by atoms with Gasteiger partial charge in [0.15, 0.2) is 0 Å². The Morgan fingerprint density at radius 3 is 2.71 bits per heavy atom. The van der Waals surface area contributed by atoms with E-state index in [-0.39, 0.29) is 0 Å². The summed E-state index contributed by atoms with van der Waals surface area (Å²) in [4.78, 5) is 2.43. The van der Waals surface area contributed by atoms with Gasteiger partial charge in [-0.2, -0.15) is 0 Å². The largest absolute Gasteiger partial charge is 0.314 e. The summed E-state index contributed by atoms with van der Waals surface area (Å²) >= 11 is 6.28. The first-order valence-corrected chi connectivity index (χ1v) is 8.73. The van der Waals surface area contributed by atoms with Crippen LogP contribution in [0.3, 0.4) is 0 Å². The third kappa shape index (κ3) is 5.28. The summed E-state index contributed by atoms with van der Waals surface area (Å²) in [6, 6.07) is 8.87. The molecule has 2 rings (SSSR count). The van der Waals surface area contributed by atoms with E-state index in [1.54, 1.807) is 0 Å². The van der Waals surface area contributed by atoms with Crippen LogP contribution in [-0.2, 0) is 6.54 Å². The quantitative estimate of drug-likeness (QED) is 0.787. The Labute approximate surface area is 134 Å². The second kappa shape index (κ2) is 8.77. The van der Waals surface area contributed by atoms with E-state index in [0.717, 1.165) is 30.6 Å². The third-order valence-electron chi connectivity index (χ3n) is 4.57. The van der Waals surface area contributed by atoms with Crippen LogP contribution in [0.4, 0.5) is 0 Å². The average Bonchev–Trinajstić information content (AvgIpc) is 2.68. The molecule has 0 spiro atoms. The molecule has 0 aromatic heterocycles. The smallest absolute Gasteiger partial charge is 0.0451 e. The van der Waals surface area contributed by atoms with Gasteiger partial charge in [0.1, 0.15) is 0 Å². The van der Waals surface area contributed by atoms with E-state index in [1.165, 1.54) is 37.7 Å². The number of hydrogen-bond donors (Lipinski definition) is 1. The van der Waals surface area contributed by atoms with E-state index in [4.69, 9.17) is 11.6 Å². The lowest BCUT2D eigenvalue weighted by atomic mass is 9.94.